The van der Waals surface area contributed by atoms with Gasteiger partial charge in [-0.05, 0) is 101 Å². The normalized spacial score (nSPS) is 14.8. The summed E-state index contributed by atoms with van der Waals surface area (Å²) in [5.41, 5.74) is 17.5. The molecule has 2 heteroatoms. The highest BCUT2D eigenvalue weighted by molar-refractivity contribution is 6.21. The van der Waals surface area contributed by atoms with E-state index in [1.54, 1.807) is 0 Å². The molecule has 0 unspecified atom stereocenters. The van der Waals surface area contributed by atoms with Gasteiger partial charge in [-0.25, -0.2) is 4.98 Å². The summed E-state index contributed by atoms with van der Waals surface area (Å²) in [5.74, 6) is 0. The second kappa shape index (κ2) is 10.2. The van der Waals surface area contributed by atoms with E-state index in [2.05, 4.69) is 161 Å². The molecule has 0 bridgehead atoms. The van der Waals surface area contributed by atoms with Crippen molar-refractivity contribution in [3.8, 4) is 44.6 Å². The van der Waals surface area contributed by atoms with Gasteiger partial charge in [-0.3, -0.25) is 4.98 Å². The van der Waals surface area contributed by atoms with Crippen LogP contribution in [0.15, 0.2) is 146 Å². The zero-order valence-electron chi connectivity index (χ0n) is 29.8. The summed E-state index contributed by atoms with van der Waals surface area (Å²) in [5, 5.41) is 7.08. The zero-order chi connectivity index (χ0) is 34.9. The van der Waals surface area contributed by atoms with E-state index < -0.39 is 0 Å². The lowest BCUT2D eigenvalue weighted by Crippen LogP contribution is -2.18. The van der Waals surface area contributed by atoms with Gasteiger partial charge in [0.2, 0.25) is 0 Å². The Labute approximate surface area is 303 Å². The molecule has 0 fully saturated rings. The van der Waals surface area contributed by atoms with Crippen molar-refractivity contribution < 1.29 is 0 Å². The predicted octanol–water partition coefficient (Wildman–Crippen LogP) is 13.0. The highest BCUT2D eigenvalue weighted by Gasteiger charge is 2.41. The van der Waals surface area contributed by atoms with E-state index in [1.165, 1.54) is 77.2 Å². The van der Waals surface area contributed by atoms with Gasteiger partial charge in [0.05, 0.1) is 16.7 Å². The minimum absolute atomic E-state index is 0.0277. The Morgan fingerprint density at radius 1 is 0.404 bits per heavy atom. The van der Waals surface area contributed by atoms with Crippen LogP contribution < -0.4 is 0 Å². The first-order valence-corrected chi connectivity index (χ1v) is 18.3. The Morgan fingerprint density at radius 2 is 0.962 bits per heavy atom. The van der Waals surface area contributed by atoms with Gasteiger partial charge < -0.3 is 0 Å². The van der Waals surface area contributed by atoms with Crippen LogP contribution in [0.1, 0.15) is 49.9 Å². The molecular weight excluding hydrogens is 629 g/mol. The van der Waals surface area contributed by atoms with Crippen LogP contribution in [0.3, 0.4) is 0 Å². The lowest BCUT2D eigenvalue weighted by atomic mass is 9.77. The molecule has 0 N–H and O–H groups in total. The third kappa shape index (κ3) is 3.84. The van der Waals surface area contributed by atoms with Crippen molar-refractivity contribution in [2.45, 2.75) is 38.5 Å². The number of hydrogen-bond acceptors (Lipinski definition) is 2. The molecule has 0 saturated carbocycles. The first-order valence-electron chi connectivity index (χ1n) is 18.3. The third-order valence-electron chi connectivity index (χ3n) is 12.3. The predicted molar refractivity (Wildman–Crippen MR) is 218 cm³/mol. The summed E-state index contributed by atoms with van der Waals surface area (Å²) in [6.07, 6.45) is 1.86. The van der Waals surface area contributed by atoms with Crippen molar-refractivity contribution in [2.75, 3.05) is 0 Å². The molecule has 2 aliphatic carbocycles. The number of aromatic nitrogens is 2. The highest BCUT2D eigenvalue weighted by Crippen LogP contribution is 2.57. The van der Waals surface area contributed by atoms with Crippen molar-refractivity contribution in [1.82, 2.24) is 9.97 Å². The van der Waals surface area contributed by atoms with E-state index in [0.29, 0.717) is 0 Å². The maximum Gasteiger partial charge on any atom is 0.0972 e. The summed E-state index contributed by atoms with van der Waals surface area (Å²) >= 11 is 0. The first kappa shape index (κ1) is 29.6. The van der Waals surface area contributed by atoms with Gasteiger partial charge in [-0.15, -0.1) is 0 Å². The lowest BCUT2D eigenvalue weighted by Gasteiger charge is -2.26. The minimum atomic E-state index is -0.141. The minimum Gasteiger partial charge on any atom is -0.254 e. The van der Waals surface area contributed by atoms with E-state index in [9.17, 15) is 0 Å². The molecule has 9 aromatic rings. The molecular formula is C50H36N2. The maximum absolute atomic E-state index is 5.35. The van der Waals surface area contributed by atoms with Crippen molar-refractivity contribution >= 4 is 43.4 Å². The number of hydrogen-bond donors (Lipinski definition) is 0. The van der Waals surface area contributed by atoms with Gasteiger partial charge in [0.1, 0.15) is 0 Å². The molecule has 0 aliphatic heterocycles. The number of fused-ring (bicyclic) bond motifs is 11. The van der Waals surface area contributed by atoms with Crippen LogP contribution in [0.4, 0.5) is 0 Å². The number of benzene rings is 7. The van der Waals surface area contributed by atoms with Gasteiger partial charge >= 0.3 is 0 Å². The highest BCUT2D eigenvalue weighted by atomic mass is 14.8. The standard InChI is InChI=1S/C50H36N2/c1-49(2)40-18-10-9-13-32(40)38-27-39-33-23-21-31(26-41(33)50(3,4)43(39)28-42(38)49)45-34-14-5-7-16-36(34)46(37-17-8-6-15-35(37)45)44-24-22-30-20-19-29-12-11-25-51-47(29)48(30)52-44/h5-28H,1-4H3. The number of nitrogens with zero attached hydrogens (tertiary/aromatic N) is 2. The van der Waals surface area contributed by atoms with Crippen LogP contribution in [-0.4, -0.2) is 9.97 Å². The molecule has 2 aliphatic rings. The molecule has 246 valence electrons. The lowest BCUT2D eigenvalue weighted by molar-refractivity contribution is 0.639. The fourth-order valence-electron chi connectivity index (χ4n) is 9.66. The van der Waals surface area contributed by atoms with Crippen molar-refractivity contribution in [3.05, 3.63) is 168 Å². The summed E-state index contributed by atoms with van der Waals surface area (Å²) < 4.78 is 0. The topological polar surface area (TPSA) is 25.8 Å². The van der Waals surface area contributed by atoms with Crippen molar-refractivity contribution in [2.24, 2.45) is 0 Å². The smallest absolute Gasteiger partial charge is 0.0972 e. The SMILES string of the molecule is CC1(C)c2ccccc2-c2cc3c(cc21)C(C)(C)c1cc(-c2c4ccccc4c(-c4ccc5ccc6cccnc6c5n4)c4ccccc24)ccc1-3. The van der Waals surface area contributed by atoms with Crippen LogP contribution in [0.25, 0.3) is 88.0 Å². The summed E-state index contributed by atoms with van der Waals surface area (Å²) in [4.78, 5) is 10.1. The quantitative estimate of drug-likeness (QED) is 0.136. The molecule has 2 aromatic heterocycles. The maximum atomic E-state index is 5.35. The molecule has 0 amide bonds. The average molecular weight is 665 g/mol. The van der Waals surface area contributed by atoms with Crippen LogP contribution in [0.5, 0.6) is 0 Å². The van der Waals surface area contributed by atoms with E-state index in [1.807, 2.05) is 12.3 Å². The Bertz CT molecular complexity index is 2960. The third-order valence-corrected chi connectivity index (χ3v) is 12.3. The van der Waals surface area contributed by atoms with Gasteiger partial charge in [0.25, 0.3) is 0 Å². The second-order valence-corrected chi connectivity index (χ2v) is 15.7. The largest absolute Gasteiger partial charge is 0.254 e. The van der Waals surface area contributed by atoms with Gasteiger partial charge in [0, 0.05) is 33.4 Å². The first-order chi connectivity index (χ1) is 25.3. The molecule has 0 saturated heterocycles. The van der Waals surface area contributed by atoms with Crippen LogP contribution in [0, 0.1) is 0 Å². The van der Waals surface area contributed by atoms with Crippen LogP contribution >= 0.6 is 0 Å². The Hall–Kier alpha value is -6.12. The Kier molecular flexibility index (Phi) is 5.83. The average Bonchev–Trinajstić information content (AvgIpc) is 3.54. The second-order valence-electron chi connectivity index (χ2n) is 15.7. The van der Waals surface area contributed by atoms with E-state index >= 15 is 0 Å². The van der Waals surface area contributed by atoms with Crippen LogP contribution in [0.2, 0.25) is 0 Å². The van der Waals surface area contributed by atoms with Gasteiger partial charge in [-0.2, -0.15) is 0 Å². The van der Waals surface area contributed by atoms with E-state index in [0.717, 1.165) is 33.1 Å². The van der Waals surface area contributed by atoms with Crippen LogP contribution in [-0.2, 0) is 10.8 Å². The molecule has 2 heterocycles. The number of rotatable bonds is 2. The Balaban J connectivity index is 1.14. The van der Waals surface area contributed by atoms with Crippen molar-refractivity contribution in [3.63, 3.8) is 0 Å². The summed E-state index contributed by atoms with van der Waals surface area (Å²) in [7, 11) is 0. The molecule has 0 atom stereocenters. The molecule has 11 rings (SSSR count). The molecule has 7 aromatic carbocycles. The van der Waals surface area contributed by atoms with Gasteiger partial charge in [0.15, 0.2) is 0 Å². The van der Waals surface area contributed by atoms with Crippen molar-refractivity contribution in [1.29, 1.82) is 0 Å². The zero-order valence-corrected chi connectivity index (χ0v) is 29.8. The molecule has 0 radical (unpaired) electrons. The summed E-state index contributed by atoms with van der Waals surface area (Å²) in [6.45, 7) is 9.58. The number of pyridine rings is 2. The van der Waals surface area contributed by atoms with Gasteiger partial charge in [-0.1, -0.05) is 143 Å². The van der Waals surface area contributed by atoms with E-state index in [4.69, 9.17) is 9.97 Å². The Morgan fingerprint density at radius 3 is 1.67 bits per heavy atom. The molecule has 0 spiro atoms. The fourth-order valence-corrected chi connectivity index (χ4v) is 9.66. The fraction of sp³-hybridized carbons (Fsp3) is 0.120. The summed E-state index contributed by atoms with van der Waals surface area (Å²) in [6, 6.07) is 51.7. The molecule has 2 nitrogen and oxygen atoms in total. The van der Waals surface area contributed by atoms with E-state index in [-0.39, 0.29) is 10.8 Å². The molecule has 52 heavy (non-hydrogen) atoms. The monoisotopic (exact) mass is 664 g/mol.